The third-order valence-corrected chi connectivity index (χ3v) is 3.96. The van der Waals surface area contributed by atoms with Gasteiger partial charge < -0.3 is 10.1 Å². The maximum Gasteiger partial charge on any atom is 0.219 e. The number of benzene rings is 1. The van der Waals surface area contributed by atoms with Crippen molar-refractivity contribution in [2.24, 2.45) is 0 Å². The molecular formula is C16H16Cl2N2O. The summed E-state index contributed by atoms with van der Waals surface area (Å²) < 4.78 is 5.83. The number of nitrogens with zero attached hydrogens (tertiary/aromatic N) is 1. The molecule has 3 rings (SSSR count). The summed E-state index contributed by atoms with van der Waals surface area (Å²) in [5.41, 5.74) is 1.78. The molecule has 1 aromatic heterocycles. The van der Waals surface area contributed by atoms with Crippen molar-refractivity contribution in [1.29, 1.82) is 0 Å². The van der Waals surface area contributed by atoms with Crippen molar-refractivity contribution >= 4 is 23.2 Å². The van der Waals surface area contributed by atoms with E-state index in [-0.39, 0.29) is 0 Å². The van der Waals surface area contributed by atoms with E-state index in [0.717, 1.165) is 17.0 Å². The Bertz CT molecular complexity index is 657. The van der Waals surface area contributed by atoms with Crippen LogP contribution in [0.1, 0.15) is 24.1 Å². The first-order valence-electron chi connectivity index (χ1n) is 6.94. The van der Waals surface area contributed by atoms with Gasteiger partial charge in [0, 0.05) is 23.7 Å². The Balaban J connectivity index is 1.76. The van der Waals surface area contributed by atoms with E-state index in [1.807, 2.05) is 25.1 Å². The molecule has 1 saturated carbocycles. The zero-order chi connectivity index (χ0) is 14.8. The Morgan fingerprint density at radius 3 is 2.76 bits per heavy atom. The van der Waals surface area contributed by atoms with Crippen molar-refractivity contribution in [3.8, 4) is 11.6 Å². The van der Waals surface area contributed by atoms with E-state index in [4.69, 9.17) is 27.9 Å². The molecule has 21 heavy (non-hydrogen) atoms. The van der Waals surface area contributed by atoms with Gasteiger partial charge >= 0.3 is 0 Å². The maximum atomic E-state index is 6.18. The second kappa shape index (κ2) is 6.22. The fraction of sp³-hybridized carbons (Fsp3) is 0.312. The van der Waals surface area contributed by atoms with Crippen LogP contribution in [0.5, 0.6) is 11.6 Å². The number of rotatable bonds is 5. The highest BCUT2D eigenvalue weighted by Crippen LogP contribution is 2.28. The number of nitrogens with one attached hydrogen (secondary N) is 1. The van der Waals surface area contributed by atoms with Crippen LogP contribution in [0.25, 0.3) is 0 Å². The van der Waals surface area contributed by atoms with E-state index in [0.29, 0.717) is 28.5 Å². The van der Waals surface area contributed by atoms with E-state index in [2.05, 4.69) is 10.3 Å². The van der Waals surface area contributed by atoms with E-state index in [1.54, 1.807) is 12.1 Å². The average molecular weight is 323 g/mol. The Morgan fingerprint density at radius 2 is 2.05 bits per heavy atom. The predicted octanol–water partition coefficient (Wildman–Crippen LogP) is 4.74. The van der Waals surface area contributed by atoms with Crippen molar-refractivity contribution in [2.75, 3.05) is 0 Å². The minimum absolute atomic E-state index is 0.539. The van der Waals surface area contributed by atoms with Crippen LogP contribution >= 0.6 is 23.2 Å². The van der Waals surface area contributed by atoms with Gasteiger partial charge in [0.15, 0.2) is 0 Å². The number of aryl methyl sites for hydroxylation is 1. The first kappa shape index (κ1) is 14.6. The lowest BCUT2D eigenvalue weighted by Gasteiger charge is -2.10. The van der Waals surface area contributed by atoms with E-state index < -0.39 is 0 Å². The van der Waals surface area contributed by atoms with Crippen LogP contribution in [0.3, 0.4) is 0 Å². The van der Waals surface area contributed by atoms with Gasteiger partial charge in [0.25, 0.3) is 0 Å². The second-order valence-electron chi connectivity index (χ2n) is 5.25. The van der Waals surface area contributed by atoms with Gasteiger partial charge in [-0.15, -0.1) is 0 Å². The Hall–Kier alpha value is -1.29. The molecule has 110 valence electrons. The smallest absolute Gasteiger partial charge is 0.219 e. The molecular weight excluding hydrogens is 307 g/mol. The van der Waals surface area contributed by atoms with Gasteiger partial charge in [-0.05, 0) is 49.6 Å². The first-order chi connectivity index (χ1) is 10.1. The Kier molecular flexibility index (Phi) is 4.34. The zero-order valence-electron chi connectivity index (χ0n) is 11.7. The molecule has 0 bridgehead atoms. The molecule has 0 saturated heterocycles. The summed E-state index contributed by atoms with van der Waals surface area (Å²) in [4.78, 5) is 4.48. The molecule has 1 N–H and O–H groups in total. The first-order valence-corrected chi connectivity index (χ1v) is 7.70. The normalized spacial score (nSPS) is 14.2. The Labute approximate surface area is 134 Å². The van der Waals surface area contributed by atoms with Crippen molar-refractivity contribution in [1.82, 2.24) is 10.3 Å². The highest BCUT2D eigenvalue weighted by Gasteiger charge is 2.20. The number of halogens is 2. The van der Waals surface area contributed by atoms with Crippen LogP contribution < -0.4 is 10.1 Å². The summed E-state index contributed by atoms with van der Waals surface area (Å²) in [7, 11) is 0. The summed E-state index contributed by atoms with van der Waals surface area (Å²) >= 11 is 12.1. The number of hydrogen-bond donors (Lipinski definition) is 1. The number of ether oxygens (including phenoxy) is 1. The molecule has 1 aliphatic carbocycles. The molecule has 0 aliphatic heterocycles. The van der Waals surface area contributed by atoms with Crippen LogP contribution in [-0.2, 0) is 6.54 Å². The summed E-state index contributed by atoms with van der Waals surface area (Å²) in [6.45, 7) is 2.62. The van der Waals surface area contributed by atoms with Crippen molar-refractivity contribution < 1.29 is 4.74 Å². The lowest BCUT2D eigenvalue weighted by atomic mass is 10.2. The Morgan fingerprint density at radius 1 is 1.24 bits per heavy atom. The number of aromatic nitrogens is 1. The van der Waals surface area contributed by atoms with Crippen LogP contribution in [-0.4, -0.2) is 11.0 Å². The summed E-state index contributed by atoms with van der Waals surface area (Å²) in [6.07, 6.45) is 2.47. The van der Waals surface area contributed by atoms with Crippen LogP contribution in [0, 0.1) is 6.92 Å². The monoisotopic (exact) mass is 322 g/mol. The predicted molar refractivity (Wildman–Crippen MR) is 85.4 cm³/mol. The molecule has 5 heteroatoms. The molecule has 1 heterocycles. The minimum Gasteiger partial charge on any atom is -0.439 e. The minimum atomic E-state index is 0.539. The van der Waals surface area contributed by atoms with Crippen LogP contribution in [0.4, 0.5) is 0 Å². The molecule has 0 radical (unpaired) electrons. The van der Waals surface area contributed by atoms with Gasteiger partial charge in [0.05, 0.1) is 10.7 Å². The van der Waals surface area contributed by atoms with Gasteiger partial charge in [-0.1, -0.05) is 23.2 Å². The summed E-state index contributed by atoms with van der Waals surface area (Å²) in [5.74, 6) is 1.28. The van der Waals surface area contributed by atoms with Crippen molar-refractivity contribution in [3.63, 3.8) is 0 Å². The van der Waals surface area contributed by atoms with E-state index >= 15 is 0 Å². The van der Waals surface area contributed by atoms with Gasteiger partial charge in [-0.3, -0.25) is 0 Å². The largest absolute Gasteiger partial charge is 0.439 e. The lowest BCUT2D eigenvalue weighted by Crippen LogP contribution is -2.16. The molecule has 3 nitrogen and oxygen atoms in total. The molecule has 2 aromatic rings. The number of pyridine rings is 1. The van der Waals surface area contributed by atoms with E-state index in [1.165, 1.54) is 12.8 Å². The number of hydrogen-bond acceptors (Lipinski definition) is 3. The topological polar surface area (TPSA) is 34.1 Å². The third kappa shape index (κ3) is 3.88. The van der Waals surface area contributed by atoms with Crippen molar-refractivity contribution in [2.45, 2.75) is 32.4 Å². The maximum absolute atomic E-state index is 6.18. The lowest BCUT2D eigenvalue weighted by molar-refractivity contribution is 0.456. The highest BCUT2D eigenvalue weighted by atomic mass is 35.5. The van der Waals surface area contributed by atoms with Gasteiger partial charge in [0.1, 0.15) is 5.75 Å². The molecule has 1 aliphatic rings. The summed E-state index contributed by atoms with van der Waals surface area (Å²) in [6, 6.07) is 9.72. The zero-order valence-corrected chi connectivity index (χ0v) is 13.2. The van der Waals surface area contributed by atoms with Crippen molar-refractivity contribution in [3.05, 3.63) is 51.6 Å². The molecule has 1 aromatic carbocycles. The van der Waals surface area contributed by atoms with Crippen LogP contribution in [0.15, 0.2) is 30.3 Å². The molecule has 0 atom stereocenters. The fourth-order valence-electron chi connectivity index (χ4n) is 2.01. The van der Waals surface area contributed by atoms with Gasteiger partial charge in [-0.25, -0.2) is 4.98 Å². The fourth-order valence-corrected chi connectivity index (χ4v) is 2.41. The standard InChI is InChI=1S/C16H16Cl2N2O/c1-10-8-11(17)2-6-15(10)21-16-7-5-13(18)14(20-16)9-19-12-3-4-12/h2,5-8,12,19H,3-4,9H2,1H3. The second-order valence-corrected chi connectivity index (χ2v) is 6.09. The average Bonchev–Trinajstić information content (AvgIpc) is 3.26. The molecule has 0 spiro atoms. The van der Waals surface area contributed by atoms with Crippen LogP contribution in [0.2, 0.25) is 10.0 Å². The van der Waals surface area contributed by atoms with E-state index in [9.17, 15) is 0 Å². The highest BCUT2D eigenvalue weighted by molar-refractivity contribution is 6.31. The third-order valence-electron chi connectivity index (χ3n) is 3.38. The van der Waals surface area contributed by atoms with Gasteiger partial charge in [0.2, 0.25) is 5.88 Å². The molecule has 1 fully saturated rings. The summed E-state index contributed by atoms with van der Waals surface area (Å²) in [5, 5.41) is 4.75. The molecule has 0 amide bonds. The SMILES string of the molecule is Cc1cc(Cl)ccc1Oc1ccc(Cl)c(CNC2CC2)n1. The quantitative estimate of drug-likeness (QED) is 0.863. The molecule has 0 unspecified atom stereocenters. The van der Waals surface area contributed by atoms with Gasteiger partial charge in [-0.2, -0.15) is 0 Å².